The van der Waals surface area contributed by atoms with Gasteiger partial charge in [0.25, 0.3) is 5.91 Å². The number of nitrogens with zero attached hydrogens (tertiary/aromatic N) is 2. The van der Waals surface area contributed by atoms with Crippen LogP contribution in [-0.2, 0) is 4.74 Å². The summed E-state index contributed by atoms with van der Waals surface area (Å²) in [6, 6.07) is 5.61. The Morgan fingerprint density at radius 1 is 1.28 bits per heavy atom. The molecule has 0 aliphatic carbocycles. The van der Waals surface area contributed by atoms with Crippen LogP contribution in [0.4, 0.5) is 4.79 Å². The van der Waals surface area contributed by atoms with Crippen LogP contribution in [0.5, 0.6) is 0 Å². The summed E-state index contributed by atoms with van der Waals surface area (Å²) in [7, 11) is 0. The normalized spacial score (nSPS) is 16.0. The van der Waals surface area contributed by atoms with E-state index in [0.717, 1.165) is 23.1 Å². The van der Waals surface area contributed by atoms with Gasteiger partial charge in [-0.1, -0.05) is 0 Å². The van der Waals surface area contributed by atoms with Gasteiger partial charge in [0.2, 0.25) is 0 Å². The second-order valence-electron chi connectivity index (χ2n) is 7.25. The summed E-state index contributed by atoms with van der Waals surface area (Å²) >= 11 is 1.52. The molecular formula is C18H23N3O3S. The van der Waals surface area contributed by atoms with Gasteiger partial charge >= 0.3 is 6.09 Å². The van der Waals surface area contributed by atoms with Crippen molar-refractivity contribution >= 4 is 33.6 Å². The number of fused-ring (bicyclic) bond motifs is 1. The first-order valence-corrected chi connectivity index (χ1v) is 9.32. The zero-order valence-electron chi connectivity index (χ0n) is 14.7. The van der Waals surface area contributed by atoms with Crippen LogP contribution in [0.15, 0.2) is 23.7 Å². The highest BCUT2D eigenvalue weighted by atomic mass is 32.1. The van der Waals surface area contributed by atoms with Gasteiger partial charge in [-0.2, -0.15) is 0 Å². The molecule has 2 aromatic rings. The zero-order valence-corrected chi connectivity index (χ0v) is 15.6. The van der Waals surface area contributed by atoms with Crippen molar-refractivity contribution in [3.8, 4) is 0 Å². The first kappa shape index (κ1) is 17.7. The van der Waals surface area contributed by atoms with Gasteiger partial charge < -0.3 is 15.0 Å². The van der Waals surface area contributed by atoms with E-state index in [1.807, 2.05) is 32.9 Å². The molecule has 0 saturated carbocycles. The number of ether oxygens (including phenoxy) is 1. The number of carbonyl (C=O) groups is 2. The summed E-state index contributed by atoms with van der Waals surface area (Å²) in [5, 5.41) is 3.07. The van der Waals surface area contributed by atoms with Crippen molar-refractivity contribution in [2.24, 2.45) is 0 Å². The van der Waals surface area contributed by atoms with Crippen molar-refractivity contribution < 1.29 is 14.3 Å². The van der Waals surface area contributed by atoms with E-state index in [1.165, 1.54) is 11.3 Å². The molecule has 0 bridgehead atoms. The lowest BCUT2D eigenvalue weighted by Gasteiger charge is -2.33. The maximum atomic E-state index is 12.4. The molecule has 1 saturated heterocycles. The Kier molecular flexibility index (Phi) is 4.94. The van der Waals surface area contributed by atoms with Crippen molar-refractivity contribution in [2.45, 2.75) is 45.3 Å². The maximum Gasteiger partial charge on any atom is 0.410 e. The highest BCUT2D eigenvalue weighted by molar-refractivity contribution is 7.16. The van der Waals surface area contributed by atoms with Gasteiger partial charge in [-0.15, -0.1) is 11.3 Å². The van der Waals surface area contributed by atoms with Crippen molar-refractivity contribution in [1.82, 2.24) is 15.2 Å². The number of likely N-dealkylation sites (tertiary alicyclic amines) is 1. The van der Waals surface area contributed by atoms with Crippen LogP contribution in [0.1, 0.15) is 44.0 Å². The Bertz CT molecular complexity index is 773. The van der Waals surface area contributed by atoms with Crippen molar-refractivity contribution in [3.05, 3.63) is 29.3 Å². The summed E-state index contributed by atoms with van der Waals surface area (Å²) < 4.78 is 6.40. The number of amides is 2. The average molecular weight is 361 g/mol. The molecule has 6 nitrogen and oxygen atoms in total. The zero-order chi connectivity index (χ0) is 18.0. The Labute approximate surface area is 151 Å². The minimum atomic E-state index is -0.489. The first-order valence-electron chi connectivity index (χ1n) is 8.44. The van der Waals surface area contributed by atoms with E-state index in [0.29, 0.717) is 18.7 Å². The highest BCUT2D eigenvalue weighted by Gasteiger charge is 2.27. The van der Waals surface area contributed by atoms with Gasteiger partial charge in [-0.05, 0) is 51.8 Å². The van der Waals surface area contributed by atoms with Crippen LogP contribution in [0.3, 0.4) is 0 Å². The number of rotatable bonds is 2. The fourth-order valence-corrected chi connectivity index (χ4v) is 3.51. The van der Waals surface area contributed by atoms with E-state index in [4.69, 9.17) is 4.74 Å². The average Bonchev–Trinajstić information content (AvgIpc) is 3.01. The van der Waals surface area contributed by atoms with Crippen molar-refractivity contribution in [3.63, 3.8) is 0 Å². The topological polar surface area (TPSA) is 71.5 Å². The molecule has 2 heterocycles. The minimum Gasteiger partial charge on any atom is -0.444 e. The van der Waals surface area contributed by atoms with Gasteiger partial charge in [0.1, 0.15) is 5.60 Å². The second-order valence-corrected chi connectivity index (χ2v) is 8.14. The standard InChI is InChI=1S/C18H23N3O3S/c1-18(2,3)24-17(23)21-8-6-13(7-9-21)20-16(22)12-4-5-14-15(10-12)25-11-19-14/h4-5,10-11,13H,6-9H2,1-3H3,(H,20,22). The SMILES string of the molecule is CC(C)(C)OC(=O)N1CCC(NC(=O)c2ccc3ncsc3c2)CC1. The van der Waals surface area contributed by atoms with Crippen molar-refractivity contribution in [1.29, 1.82) is 0 Å². The van der Waals surface area contributed by atoms with Gasteiger partial charge in [0, 0.05) is 24.7 Å². The molecule has 7 heteroatoms. The molecule has 3 rings (SSSR count). The van der Waals surface area contributed by atoms with E-state index in [1.54, 1.807) is 16.5 Å². The molecule has 25 heavy (non-hydrogen) atoms. The van der Waals surface area contributed by atoms with Crippen LogP contribution in [0.2, 0.25) is 0 Å². The number of thiazole rings is 1. The minimum absolute atomic E-state index is 0.0725. The second kappa shape index (κ2) is 7.00. The molecule has 0 atom stereocenters. The molecule has 1 fully saturated rings. The van der Waals surface area contributed by atoms with E-state index >= 15 is 0 Å². The quantitative estimate of drug-likeness (QED) is 0.890. The Hall–Kier alpha value is -2.15. The number of carbonyl (C=O) groups excluding carboxylic acids is 2. The molecule has 1 aromatic carbocycles. The molecule has 134 valence electrons. The smallest absolute Gasteiger partial charge is 0.410 e. The lowest BCUT2D eigenvalue weighted by atomic mass is 10.0. The number of benzene rings is 1. The number of piperidine rings is 1. The summed E-state index contributed by atoms with van der Waals surface area (Å²) in [4.78, 5) is 30.5. The Morgan fingerprint density at radius 2 is 2.00 bits per heavy atom. The number of nitrogens with one attached hydrogen (secondary N) is 1. The summed E-state index contributed by atoms with van der Waals surface area (Å²) in [6.07, 6.45) is 1.18. The monoisotopic (exact) mass is 361 g/mol. The summed E-state index contributed by atoms with van der Waals surface area (Å²) in [5.74, 6) is -0.0778. The number of hydrogen-bond acceptors (Lipinski definition) is 5. The van der Waals surface area contributed by atoms with Gasteiger partial charge in [0.05, 0.1) is 15.7 Å². The molecule has 2 amide bonds. The Balaban J connectivity index is 1.53. The highest BCUT2D eigenvalue weighted by Crippen LogP contribution is 2.20. The predicted octanol–water partition coefficient (Wildman–Crippen LogP) is 3.43. The molecule has 1 N–H and O–H groups in total. The van der Waals surface area contributed by atoms with E-state index < -0.39 is 5.60 Å². The van der Waals surface area contributed by atoms with Crippen LogP contribution in [0, 0.1) is 0 Å². The molecule has 1 aliphatic rings. The van der Waals surface area contributed by atoms with Crippen molar-refractivity contribution in [2.75, 3.05) is 13.1 Å². The number of hydrogen-bond donors (Lipinski definition) is 1. The third-order valence-corrected chi connectivity index (χ3v) is 4.87. The maximum absolute atomic E-state index is 12.4. The summed E-state index contributed by atoms with van der Waals surface area (Å²) in [6.45, 7) is 6.76. The largest absolute Gasteiger partial charge is 0.444 e. The lowest BCUT2D eigenvalue weighted by molar-refractivity contribution is 0.0199. The molecule has 0 unspecified atom stereocenters. The summed E-state index contributed by atoms with van der Waals surface area (Å²) in [5.41, 5.74) is 2.84. The van der Waals surface area contributed by atoms with Crippen LogP contribution in [0.25, 0.3) is 10.2 Å². The fraction of sp³-hybridized carbons (Fsp3) is 0.500. The van der Waals surface area contributed by atoms with Crippen LogP contribution < -0.4 is 5.32 Å². The van der Waals surface area contributed by atoms with Gasteiger partial charge in [-0.25, -0.2) is 9.78 Å². The van der Waals surface area contributed by atoms with Gasteiger partial charge in [-0.3, -0.25) is 4.79 Å². The van der Waals surface area contributed by atoms with E-state index in [9.17, 15) is 9.59 Å². The third-order valence-electron chi connectivity index (χ3n) is 4.08. The third kappa shape index (κ3) is 4.48. The predicted molar refractivity (Wildman–Crippen MR) is 97.9 cm³/mol. The van der Waals surface area contributed by atoms with E-state index in [2.05, 4.69) is 10.3 Å². The fourth-order valence-electron chi connectivity index (χ4n) is 2.80. The first-order chi connectivity index (χ1) is 11.8. The molecule has 0 spiro atoms. The molecule has 1 aliphatic heterocycles. The van der Waals surface area contributed by atoms with E-state index in [-0.39, 0.29) is 18.0 Å². The van der Waals surface area contributed by atoms with Gasteiger partial charge in [0.15, 0.2) is 0 Å². The molecule has 1 aromatic heterocycles. The van der Waals surface area contributed by atoms with Crippen LogP contribution in [-0.4, -0.2) is 46.6 Å². The molecular weight excluding hydrogens is 338 g/mol. The molecule has 0 radical (unpaired) electrons. The Morgan fingerprint density at radius 3 is 2.68 bits per heavy atom. The number of aromatic nitrogens is 1. The lowest BCUT2D eigenvalue weighted by Crippen LogP contribution is -2.47. The van der Waals surface area contributed by atoms with Crippen LogP contribution >= 0.6 is 11.3 Å².